The van der Waals surface area contributed by atoms with Gasteiger partial charge in [0.15, 0.2) is 11.3 Å². The van der Waals surface area contributed by atoms with Crippen LogP contribution in [0.15, 0.2) is 42.7 Å². The molecule has 4 aromatic rings. The van der Waals surface area contributed by atoms with E-state index in [-0.39, 0.29) is 0 Å². The fraction of sp³-hybridized carbons (Fsp3) is 0.125. The second kappa shape index (κ2) is 5.65. The van der Waals surface area contributed by atoms with Gasteiger partial charge in [-0.2, -0.15) is 15.4 Å². The van der Waals surface area contributed by atoms with Crippen LogP contribution in [0.3, 0.4) is 0 Å². The van der Waals surface area contributed by atoms with Gasteiger partial charge in [0.25, 0.3) is 0 Å². The molecule has 0 bridgehead atoms. The lowest BCUT2D eigenvalue weighted by Gasteiger charge is -2.11. The van der Waals surface area contributed by atoms with Crippen molar-refractivity contribution in [2.45, 2.75) is 13.5 Å². The summed E-state index contributed by atoms with van der Waals surface area (Å²) in [6.45, 7) is 2.44. The van der Waals surface area contributed by atoms with E-state index in [9.17, 15) is 0 Å². The first kappa shape index (κ1) is 14.2. The third-order valence-corrected chi connectivity index (χ3v) is 3.76. The summed E-state index contributed by atoms with van der Waals surface area (Å²) in [6.07, 6.45) is 3.66. The Bertz CT molecular complexity index is 991. The second-order valence-corrected chi connectivity index (χ2v) is 5.39. The van der Waals surface area contributed by atoms with Crippen LogP contribution in [0, 0.1) is 6.92 Å². The lowest BCUT2D eigenvalue weighted by atomic mass is 10.1. The fourth-order valence-electron chi connectivity index (χ4n) is 2.50. The van der Waals surface area contributed by atoms with Gasteiger partial charge >= 0.3 is 0 Å². The first-order valence-corrected chi connectivity index (χ1v) is 7.40. The van der Waals surface area contributed by atoms with Crippen molar-refractivity contribution in [2.24, 2.45) is 0 Å². The molecule has 0 aliphatic heterocycles. The summed E-state index contributed by atoms with van der Waals surface area (Å²) in [5, 5.41) is 14.8. The predicted molar refractivity (Wildman–Crippen MR) is 88.7 cm³/mol. The molecule has 0 radical (unpaired) electrons. The minimum atomic E-state index is 0.345. The monoisotopic (exact) mass is 321 g/mol. The van der Waals surface area contributed by atoms with E-state index in [2.05, 4.69) is 31.6 Å². The molecule has 8 heteroatoms. The van der Waals surface area contributed by atoms with Crippen molar-refractivity contribution in [3.8, 4) is 11.4 Å². The number of H-pyrrole nitrogens is 1. The van der Waals surface area contributed by atoms with E-state index in [1.807, 2.05) is 36.0 Å². The number of nitrogens with zero attached hydrogens (tertiary/aromatic N) is 5. The Hall–Kier alpha value is -3.42. The van der Waals surface area contributed by atoms with E-state index in [4.69, 9.17) is 10.5 Å². The predicted octanol–water partition coefficient (Wildman–Crippen LogP) is 2.01. The van der Waals surface area contributed by atoms with Gasteiger partial charge in [0.2, 0.25) is 5.65 Å². The van der Waals surface area contributed by atoms with Crippen LogP contribution < -0.4 is 10.5 Å². The van der Waals surface area contributed by atoms with Gasteiger partial charge in [0.05, 0.1) is 5.69 Å². The summed E-state index contributed by atoms with van der Waals surface area (Å²) < 4.78 is 7.71. The van der Waals surface area contributed by atoms with E-state index in [1.54, 1.807) is 12.3 Å². The zero-order chi connectivity index (χ0) is 16.5. The summed E-state index contributed by atoms with van der Waals surface area (Å²) in [7, 11) is 0. The van der Waals surface area contributed by atoms with Gasteiger partial charge in [-0.25, -0.2) is 9.67 Å². The maximum Gasteiger partial charge on any atom is 0.207 e. The van der Waals surface area contributed by atoms with Gasteiger partial charge < -0.3 is 10.5 Å². The smallest absolute Gasteiger partial charge is 0.207 e. The molecule has 120 valence electrons. The Morgan fingerprint density at radius 2 is 2.17 bits per heavy atom. The number of nitrogens with two attached hydrogens (primary N) is 1. The molecule has 0 fully saturated rings. The SMILES string of the molecule is Cc1cc(-n2cccn2)ccc1COc1cc(N)nc2n[nH]nc12. The number of hydrogen-bond acceptors (Lipinski definition) is 6. The molecule has 1 aromatic carbocycles. The van der Waals surface area contributed by atoms with Gasteiger partial charge in [-0.05, 0) is 36.2 Å². The minimum absolute atomic E-state index is 0.345. The van der Waals surface area contributed by atoms with Gasteiger partial charge in [0.1, 0.15) is 12.4 Å². The number of aromatic amines is 1. The maximum atomic E-state index is 5.89. The maximum absolute atomic E-state index is 5.89. The van der Waals surface area contributed by atoms with Crippen LogP contribution in [0.25, 0.3) is 16.9 Å². The molecule has 3 aromatic heterocycles. The molecular weight excluding hydrogens is 306 g/mol. The second-order valence-electron chi connectivity index (χ2n) is 5.39. The van der Waals surface area contributed by atoms with Crippen molar-refractivity contribution < 1.29 is 4.74 Å². The molecule has 8 nitrogen and oxygen atoms in total. The molecule has 0 saturated heterocycles. The van der Waals surface area contributed by atoms with Gasteiger partial charge in [-0.1, -0.05) is 6.07 Å². The molecule has 0 atom stereocenters. The number of hydrogen-bond donors (Lipinski definition) is 2. The highest BCUT2D eigenvalue weighted by atomic mass is 16.5. The van der Waals surface area contributed by atoms with E-state index in [0.717, 1.165) is 16.8 Å². The van der Waals surface area contributed by atoms with Gasteiger partial charge in [0, 0.05) is 18.5 Å². The molecule has 3 N–H and O–H groups in total. The van der Waals surface area contributed by atoms with Crippen molar-refractivity contribution in [3.05, 3.63) is 53.9 Å². The first-order valence-electron chi connectivity index (χ1n) is 7.40. The summed E-state index contributed by atoms with van der Waals surface area (Å²) in [5.74, 6) is 0.902. The van der Waals surface area contributed by atoms with Crippen molar-refractivity contribution in [1.82, 2.24) is 30.2 Å². The number of aryl methyl sites for hydroxylation is 1. The number of rotatable bonds is 4. The first-order chi connectivity index (χ1) is 11.7. The molecule has 0 saturated carbocycles. The number of nitrogen functional groups attached to an aromatic ring is 1. The third kappa shape index (κ3) is 2.54. The number of benzene rings is 1. The molecule has 3 heterocycles. The number of anilines is 1. The Morgan fingerprint density at radius 1 is 1.25 bits per heavy atom. The van der Waals surface area contributed by atoms with Crippen LogP contribution in [0.4, 0.5) is 5.82 Å². The zero-order valence-corrected chi connectivity index (χ0v) is 13.0. The quantitative estimate of drug-likeness (QED) is 0.595. The molecule has 0 aliphatic carbocycles. The Kier molecular flexibility index (Phi) is 3.34. The van der Waals surface area contributed by atoms with Crippen molar-refractivity contribution in [1.29, 1.82) is 0 Å². The number of pyridine rings is 1. The number of aromatic nitrogens is 6. The molecule has 0 aliphatic rings. The molecule has 0 unspecified atom stereocenters. The third-order valence-electron chi connectivity index (χ3n) is 3.76. The lowest BCUT2D eigenvalue weighted by molar-refractivity contribution is 0.308. The van der Waals surface area contributed by atoms with Crippen molar-refractivity contribution >= 4 is 17.0 Å². The summed E-state index contributed by atoms with van der Waals surface area (Å²) in [4.78, 5) is 4.09. The van der Waals surface area contributed by atoms with Crippen LogP contribution in [-0.4, -0.2) is 30.2 Å². The average molecular weight is 321 g/mol. The molecule has 0 amide bonds. The van der Waals surface area contributed by atoms with E-state index in [1.165, 1.54) is 0 Å². The highest BCUT2D eigenvalue weighted by Gasteiger charge is 2.10. The minimum Gasteiger partial charge on any atom is -0.486 e. The van der Waals surface area contributed by atoms with Gasteiger partial charge in [-0.3, -0.25) is 0 Å². The van der Waals surface area contributed by atoms with Crippen molar-refractivity contribution in [3.63, 3.8) is 0 Å². The van der Waals surface area contributed by atoms with Crippen LogP contribution in [-0.2, 0) is 6.61 Å². The average Bonchev–Trinajstić information content (AvgIpc) is 3.24. The molecular formula is C16H15N7O. The van der Waals surface area contributed by atoms with Crippen LogP contribution in [0.1, 0.15) is 11.1 Å². The van der Waals surface area contributed by atoms with Crippen LogP contribution in [0.2, 0.25) is 0 Å². The van der Waals surface area contributed by atoms with Crippen molar-refractivity contribution in [2.75, 3.05) is 5.73 Å². The normalized spacial score (nSPS) is 11.0. The highest BCUT2D eigenvalue weighted by molar-refractivity contribution is 5.78. The topological polar surface area (TPSA) is 108 Å². The summed E-state index contributed by atoms with van der Waals surface area (Å²) in [6, 6.07) is 9.64. The summed E-state index contributed by atoms with van der Waals surface area (Å²) >= 11 is 0. The zero-order valence-electron chi connectivity index (χ0n) is 13.0. The van der Waals surface area contributed by atoms with Crippen LogP contribution >= 0.6 is 0 Å². The van der Waals surface area contributed by atoms with E-state index in [0.29, 0.717) is 29.3 Å². The summed E-state index contributed by atoms with van der Waals surface area (Å²) in [5.41, 5.74) is 9.97. The number of ether oxygens (including phenoxy) is 1. The molecule has 4 rings (SSSR count). The molecule has 0 spiro atoms. The highest BCUT2D eigenvalue weighted by Crippen LogP contribution is 2.24. The standard InChI is InChI=1S/C16H15N7O/c1-10-7-12(23-6-2-5-18-23)4-3-11(10)9-24-13-8-14(17)19-16-15(13)20-22-21-16/h2-8H,9H2,1H3,(H3,17,19,20,21,22). The molecule has 24 heavy (non-hydrogen) atoms. The van der Waals surface area contributed by atoms with Gasteiger partial charge in [-0.15, -0.1) is 5.10 Å². The Morgan fingerprint density at radius 3 is 2.96 bits per heavy atom. The Labute approximate surface area is 137 Å². The largest absolute Gasteiger partial charge is 0.486 e. The Balaban J connectivity index is 1.58. The fourth-order valence-corrected chi connectivity index (χ4v) is 2.50. The van der Waals surface area contributed by atoms with E-state index < -0.39 is 0 Å². The number of nitrogens with one attached hydrogen (secondary N) is 1. The van der Waals surface area contributed by atoms with Crippen LogP contribution in [0.5, 0.6) is 5.75 Å². The number of fused-ring (bicyclic) bond motifs is 1. The lowest BCUT2D eigenvalue weighted by Crippen LogP contribution is -2.02. The van der Waals surface area contributed by atoms with E-state index >= 15 is 0 Å².